The van der Waals surface area contributed by atoms with Gasteiger partial charge in [0.25, 0.3) is 0 Å². The van der Waals surface area contributed by atoms with Crippen LogP contribution in [0.15, 0.2) is 60.8 Å². The van der Waals surface area contributed by atoms with E-state index in [1.165, 1.54) is 0 Å². The quantitative estimate of drug-likeness (QED) is 0.565. The fourth-order valence-electron chi connectivity index (χ4n) is 3.15. The van der Waals surface area contributed by atoms with Crippen LogP contribution >= 0.6 is 0 Å². The minimum atomic E-state index is 0.265. The van der Waals surface area contributed by atoms with Gasteiger partial charge in [-0.3, -0.25) is 4.40 Å². The van der Waals surface area contributed by atoms with E-state index in [0.29, 0.717) is 0 Å². The predicted octanol–water partition coefficient (Wildman–Crippen LogP) is 3.80. The molecule has 1 aliphatic heterocycles. The number of para-hydroxylation sites is 1. The molecule has 0 atom stereocenters. The second kappa shape index (κ2) is 5.77. The Morgan fingerprint density at radius 2 is 1.77 bits per heavy atom. The molecule has 4 aromatic rings. The Hall–Kier alpha value is -3.54. The predicted molar refractivity (Wildman–Crippen MR) is 96.5 cm³/mol. The van der Waals surface area contributed by atoms with Gasteiger partial charge in [-0.05, 0) is 47.5 Å². The van der Waals surface area contributed by atoms with Gasteiger partial charge in [-0.2, -0.15) is 0 Å². The number of pyridine rings is 1. The molecule has 6 heteroatoms. The molecule has 0 unspecified atom stereocenters. The molecule has 1 aliphatic rings. The molecule has 0 saturated carbocycles. The highest BCUT2D eigenvalue weighted by atomic mass is 16.7. The molecule has 3 heterocycles. The molecule has 0 saturated heterocycles. The van der Waals surface area contributed by atoms with E-state index >= 15 is 0 Å². The highest BCUT2D eigenvalue weighted by Crippen LogP contribution is 2.36. The van der Waals surface area contributed by atoms with E-state index in [-0.39, 0.29) is 6.79 Å². The molecule has 26 heavy (non-hydrogen) atoms. The molecule has 0 amide bonds. The summed E-state index contributed by atoms with van der Waals surface area (Å²) in [5.41, 5.74) is 3.74. The van der Waals surface area contributed by atoms with Crippen LogP contribution < -0.4 is 14.2 Å². The second-order valence-corrected chi connectivity index (χ2v) is 5.94. The van der Waals surface area contributed by atoms with Crippen LogP contribution in [0, 0.1) is 0 Å². The van der Waals surface area contributed by atoms with Gasteiger partial charge in [-0.25, -0.2) is 0 Å². The summed E-state index contributed by atoms with van der Waals surface area (Å²) >= 11 is 0. The van der Waals surface area contributed by atoms with Gasteiger partial charge in [0, 0.05) is 6.20 Å². The van der Waals surface area contributed by atoms with E-state index in [1.54, 1.807) is 7.11 Å². The monoisotopic (exact) mass is 345 g/mol. The Bertz CT molecular complexity index is 1120. The summed E-state index contributed by atoms with van der Waals surface area (Å²) in [6.45, 7) is 0.265. The summed E-state index contributed by atoms with van der Waals surface area (Å²) in [5, 5.41) is 8.63. The number of aromatic nitrogens is 3. The van der Waals surface area contributed by atoms with Crippen LogP contribution in [0.3, 0.4) is 0 Å². The van der Waals surface area contributed by atoms with E-state index in [0.717, 1.165) is 45.4 Å². The van der Waals surface area contributed by atoms with Crippen LogP contribution in [-0.2, 0) is 0 Å². The maximum atomic E-state index is 5.49. The van der Waals surface area contributed by atoms with Crippen LogP contribution in [0.1, 0.15) is 0 Å². The van der Waals surface area contributed by atoms with E-state index in [2.05, 4.69) is 10.2 Å². The Morgan fingerprint density at radius 1 is 0.923 bits per heavy atom. The zero-order valence-electron chi connectivity index (χ0n) is 14.0. The molecule has 5 rings (SSSR count). The van der Waals surface area contributed by atoms with Crippen molar-refractivity contribution in [1.29, 1.82) is 0 Å². The number of benzene rings is 2. The van der Waals surface area contributed by atoms with Gasteiger partial charge in [0.15, 0.2) is 23.0 Å². The van der Waals surface area contributed by atoms with Gasteiger partial charge in [0.1, 0.15) is 5.75 Å². The lowest BCUT2D eigenvalue weighted by molar-refractivity contribution is 0.174. The average molecular weight is 345 g/mol. The number of methoxy groups -OCH3 is 1. The lowest BCUT2D eigenvalue weighted by Gasteiger charge is -2.08. The first-order valence-corrected chi connectivity index (χ1v) is 8.22. The summed E-state index contributed by atoms with van der Waals surface area (Å²) in [4.78, 5) is 0. The summed E-state index contributed by atoms with van der Waals surface area (Å²) < 4.78 is 18.3. The first-order valence-electron chi connectivity index (χ1n) is 8.22. The van der Waals surface area contributed by atoms with Crippen molar-refractivity contribution in [3.8, 4) is 39.8 Å². The molecule has 0 aliphatic carbocycles. The smallest absolute Gasteiger partial charge is 0.231 e. The summed E-state index contributed by atoms with van der Waals surface area (Å²) in [6, 6.07) is 17.7. The minimum Gasteiger partial charge on any atom is -0.496 e. The number of ether oxygens (including phenoxy) is 3. The normalized spacial score (nSPS) is 12.5. The Labute approximate surface area is 149 Å². The van der Waals surface area contributed by atoms with Crippen molar-refractivity contribution in [3.05, 3.63) is 60.8 Å². The third-order valence-corrected chi connectivity index (χ3v) is 4.46. The van der Waals surface area contributed by atoms with E-state index in [9.17, 15) is 0 Å². The van der Waals surface area contributed by atoms with Crippen molar-refractivity contribution >= 4 is 5.65 Å². The van der Waals surface area contributed by atoms with E-state index < -0.39 is 0 Å². The topological polar surface area (TPSA) is 57.9 Å². The summed E-state index contributed by atoms with van der Waals surface area (Å²) in [5.74, 6) is 3.03. The standard InChI is InChI=1S/C20H15N3O3/c1-24-16-5-3-2-4-15(16)20-22-21-19-9-7-14(11-23(19)20)13-6-8-17-18(10-13)26-12-25-17/h2-11H,12H2,1H3. The molecule has 2 aromatic heterocycles. The molecule has 0 bridgehead atoms. The maximum Gasteiger partial charge on any atom is 0.231 e. The van der Waals surface area contributed by atoms with Crippen molar-refractivity contribution in [3.63, 3.8) is 0 Å². The van der Waals surface area contributed by atoms with Crippen molar-refractivity contribution in [1.82, 2.24) is 14.6 Å². The van der Waals surface area contributed by atoms with Gasteiger partial charge in [-0.1, -0.05) is 18.2 Å². The summed E-state index contributed by atoms with van der Waals surface area (Å²) in [7, 11) is 1.65. The fourth-order valence-corrected chi connectivity index (χ4v) is 3.15. The fraction of sp³-hybridized carbons (Fsp3) is 0.100. The van der Waals surface area contributed by atoms with Crippen LogP contribution in [-0.4, -0.2) is 28.5 Å². The highest BCUT2D eigenvalue weighted by Gasteiger charge is 2.16. The Kier molecular flexibility index (Phi) is 3.28. The van der Waals surface area contributed by atoms with Crippen molar-refractivity contribution in [2.45, 2.75) is 0 Å². The minimum absolute atomic E-state index is 0.265. The third kappa shape index (κ3) is 2.27. The Balaban J connectivity index is 1.66. The highest BCUT2D eigenvalue weighted by molar-refractivity contribution is 5.71. The molecule has 0 radical (unpaired) electrons. The SMILES string of the molecule is COc1ccccc1-c1nnc2ccc(-c3ccc4c(c3)OCO4)cn12. The number of fused-ring (bicyclic) bond motifs is 2. The second-order valence-electron chi connectivity index (χ2n) is 5.94. The Morgan fingerprint density at radius 3 is 2.69 bits per heavy atom. The third-order valence-electron chi connectivity index (χ3n) is 4.46. The van der Waals surface area contributed by atoms with Gasteiger partial charge in [-0.15, -0.1) is 10.2 Å². The average Bonchev–Trinajstić information content (AvgIpc) is 3.33. The van der Waals surface area contributed by atoms with Crippen LogP contribution in [0.5, 0.6) is 17.2 Å². The van der Waals surface area contributed by atoms with Crippen molar-refractivity contribution < 1.29 is 14.2 Å². The molecule has 2 aromatic carbocycles. The molecule has 6 nitrogen and oxygen atoms in total. The van der Waals surface area contributed by atoms with Crippen LogP contribution in [0.4, 0.5) is 0 Å². The molecule has 128 valence electrons. The number of hydrogen-bond donors (Lipinski definition) is 0. The van der Waals surface area contributed by atoms with E-state index in [1.807, 2.05) is 65.2 Å². The lowest BCUT2D eigenvalue weighted by Crippen LogP contribution is -1.94. The van der Waals surface area contributed by atoms with E-state index in [4.69, 9.17) is 14.2 Å². The molecule has 0 spiro atoms. The molecular formula is C20H15N3O3. The zero-order valence-corrected chi connectivity index (χ0v) is 14.0. The number of hydrogen-bond acceptors (Lipinski definition) is 5. The first kappa shape index (κ1) is 14.8. The lowest BCUT2D eigenvalue weighted by atomic mass is 10.1. The van der Waals surface area contributed by atoms with Gasteiger partial charge >= 0.3 is 0 Å². The largest absolute Gasteiger partial charge is 0.496 e. The van der Waals surface area contributed by atoms with Gasteiger partial charge in [0.05, 0.1) is 12.7 Å². The zero-order chi connectivity index (χ0) is 17.5. The van der Waals surface area contributed by atoms with Gasteiger partial charge in [0.2, 0.25) is 6.79 Å². The molecule has 0 fully saturated rings. The molecule has 0 N–H and O–H groups in total. The maximum absolute atomic E-state index is 5.49. The molecular weight excluding hydrogens is 330 g/mol. The summed E-state index contributed by atoms with van der Waals surface area (Å²) in [6.07, 6.45) is 2.02. The van der Waals surface area contributed by atoms with Crippen LogP contribution in [0.2, 0.25) is 0 Å². The van der Waals surface area contributed by atoms with Gasteiger partial charge < -0.3 is 14.2 Å². The first-order chi connectivity index (χ1) is 12.8. The van der Waals surface area contributed by atoms with Crippen molar-refractivity contribution in [2.75, 3.05) is 13.9 Å². The number of rotatable bonds is 3. The van der Waals surface area contributed by atoms with Crippen LogP contribution in [0.25, 0.3) is 28.2 Å². The van der Waals surface area contributed by atoms with Crippen molar-refractivity contribution in [2.24, 2.45) is 0 Å². The number of nitrogens with zero attached hydrogens (tertiary/aromatic N) is 3.